The molecule has 1 aromatic carbocycles. The van der Waals surface area contributed by atoms with E-state index in [4.69, 9.17) is 11.6 Å². The lowest BCUT2D eigenvalue weighted by atomic mass is 10.2. The van der Waals surface area contributed by atoms with E-state index in [0.717, 1.165) is 10.9 Å². The number of halogens is 1. The van der Waals surface area contributed by atoms with E-state index in [2.05, 4.69) is 15.4 Å². The van der Waals surface area contributed by atoms with E-state index >= 15 is 0 Å². The van der Waals surface area contributed by atoms with Gasteiger partial charge in [-0.15, -0.1) is 0 Å². The van der Waals surface area contributed by atoms with Gasteiger partial charge in [-0.25, -0.2) is 4.79 Å². The van der Waals surface area contributed by atoms with Crippen LogP contribution in [-0.2, 0) is 0 Å². The maximum atomic E-state index is 11.8. The lowest BCUT2D eigenvalue weighted by molar-refractivity contribution is 0.0956. The van der Waals surface area contributed by atoms with Gasteiger partial charge in [-0.05, 0) is 25.1 Å². The van der Waals surface area contributed by atoms with E-state index in [0.29, 0.717) is 12.2 Å². The largest absolute Gasteiger partial charge is 0.352 e. The van der Waals surface area contributed by atoms with Crippen molar-refractivity contribution in [2.45, 2.75) is 6.92 Å². The molecule has 7 nitrogen and oxygen atoms in total. The van der Waals surface area contributed by atoms with Crippen molar-refractivity contribution in [2.24, 2.45) is 0 Å². The lowest BCUT2D eigenvalue weighted by Gasteiger charge is -2.08. The molecule has 2 N–H and O–H groups in total. The maximum Gasteiger partial charge on any atom is 0.349 e. The molecule has 0 atom stereocenters. The second kappa shape index (κ2) is 5.70. The van der Waals surface area contributed by atoms with Gasteiger partial charge in [0.1, 0.15) is 6.20 Å². The number of nitrogens with zero attached hydrogens (tertiary/aromatic N) is 2. The highest BCUT2D eigenvalue weighted by Crippen LogP contribution is 2.18. The minimum atomic E-state index is -0.693. The number of nitrogens with one attached hydrogen (secondary N) is 2. The molecular weight excluding hydrogens is 284 g/mol. The smallest absolute Gasteiger partial charge is 0.349 e. The Morgan fingerprint density at radius 1 is 1.45 bits per heavy atom. The molecule has 2 aromatic rings. The standard InChI is InChI=1S/C12H11ClN4O3/c1-2-14-11(19)8-5-7(3-4-9(8)13)17-12(20)16-10(18)6-15-17/h3-6H,2H2,1H3,(H,14,19)(H,16,18,20). The van der Waals surface area contributed by atoms with Crippen molar-refractivity contribution in [1.29, 1.82) is 0 Å². The van der Waals surface area contributed by atoms with Crippen molar-refractivity contribution in [3.63, 3.8) is 0 Å². The average Bonchev–Trinajstić information content (AvgIpc) is 2.40. The summed E-state index contributed by atoms with van der Waals surface area (Å²) in [6.45, 7) is 2.24. The van der Waals surface area contributed by atoms with Crippen molar-refractivity contribution in [2.75, 3.05) is 6.54 Å². The summed E-state index contributed by atoms with van der Waals surface area (Å²) in [5.74, 6) is -0.350. The molecule has 0 unspecified atom stereocenters. The molecule has 0 aliphatic rings. The Balaban J connectivity index is 2.54. The summed E-state index contributed by atoms with van der Waals surface area (Å²) >= 11 is 5.95. The first kappa shape index (κ1) is 14.0. The van der Waals surface area contributed by atoms with E-state index in [1.807, 2.05) is 0 Å². The summed E-state index contributed by atoms with van der Waals surface area (Å²) in [5, 5.41) is 6.59. The molecule has 8 heteroatoms. The number of hydrogen-bond acceptors (Lipinski definition) is 4. The average molecular weight is 295 g/mol. The molecule has 0 fully saturated rings. The minimum Gasteiger partial charge on any atom is -0.352 e. The normalized spacial score (nSPS) is 10.3. The third kappa shape index (κ3) is 2.77. The molecule has 0 bridgehead atoms. The van der Waals surface area contributed by atoms with Crippen LogP contribution in [0.5, 0.6) is 0 Å². The van der Waals surface area contributed by atoms with Crippen molar-refractivity contribution < 1.29 is 4.79 Å². The lowest BCUT2D eigenvalue weighted by Crippen LogP contribution is -2.30. The van der Waals surface area contributed by atoms with Crippen molar-refractivity contribution in [3.05, 3.63) is 55.8 Å². The third-order valence-corrected chi connectivity index (χ3v) is 2.82. The summed E-state index contributed by atoms with van der Waals surface area (Å²) in [4.78, 5) is 36.5. The van der Waals surface area contributed by atoms with Gasteiger partial charge in [0.25, 0.3) is 11.5 Å². The molecule has 1 aromatic heterocycles. The van der Waals surface area contributed by atoms with E-state index in [9.17, 15) is 14.4 Å². The number of rotatable bonds is 3. The summed E-state index contributed by atoms with van der Waals surface area (Å²) in [6.07, 6.45) is 0.974. The van der Waals surface area contributed by atoms with Gasteiger partial charge in [0.2, 0.25) is 0 Å². The summed E-state index contributed by atoms with van der Waals surface area (Å²) in [7, 11) is 0. The molecule has 1 heterocycles. The predicted octanol–water partition coefficient (Wildman–Crippen LogP) is 0.324. The van der Waals surface area contributed by atoms with Gasteiger partial charge in [-0.2, -0.15) is 9.78 Å². The minimum absolute atomic E-state index is 0.228. The Bertz CT molecular complexity index is 766. The molecule has 0 aliphatic heterocycles. The summed E-state index contributed by atoms with van der Waals surface area (Å²) in [5.41, 5.74) is -0.728. The van der Waals surface area contributed by atoms with Crippen LogP contribution in [0.2, 0.25) is 5.02 Å². The number of carbonyl (C=O) groups is 1. The highest BCUT2D eigenvalue weighted by Gasteiger charge is 2.12. The van der Waals surface area contributed by atoms with E-state index in [1.54, 1.807) is 6.92 Å². The third-order valence-electron chi connectivity index (χ3n) is 2.49. The molecule has 0 spiro atoms. The van der Waals surface area contributed by atoms with Crippen LogP contribution in [0.4, 0.5) is 0 Å². The van der Waals surface area contributed by atoms with E-state index in [1.165, 1.54) is 18.2 Å². The number of H-pyrrole nitrogens is 1. The Hall–Kier alpha value is -2.41. The van der Waals surface area contributed by atoms with E-state index < -0.39 is 11.2 Å². The number of amides is 1. The fourth-order valence-corrected chi connectivity index (χ4v) is 1.82. The second-order valence-electron chi connectivity index (χ2n) is 3.87. The van der Waals surface area contributed by atoms with Gasteiger partial charge in [0.15, 0.2) is 0 Å². The van der Waals surface area contributed by atoms with Crippen molar-refractivity contribution in [1.82, 2.24) is 20.1 Å². The summed E-state index contributed by atoms with van der Waals surface area (Å²) < 4.78 is 0.973. The number of aromatic nitrogens is 3. The highest BCUT2D eigenvalue weighted by atomic mass is 35.5. The van der Waals surface area contributed by atoms with Crippen molar-refractivity contribution >= 4 is 17.5 Å². The summed E-state index contributed by atoms with van der Waals surface area (Å²) in [6, 6.07) is 4.44. The molecule has 0 saturated heterocycles. The number of hydrogen-bond donors (Lipinski definition) is 2. The first-order valence-electron chi connectivity index (χ1n) is 5.79. The van der Waals surface area contributed by atoms with Gasteiger partial charge < -0.3 is 5.32 Å². The number of benzene rings is 1. The molecule has 1 amide bonds. The highest BCUT2D eigenvalue weighted by molar-refractivity contribution is 6.33. The molecular formula is C12H11ClN4O3. The molecule has 104 valence electrons. The molecule has 0 radical (unpaired) electrons. The van der Waals surface area contributed by atoms with Crippen LogP contribution >= 0.6 is 11.6 Å². The van der Waals surface area contributed by atoms with Crippen LogP contribution in [0.15, 0.2) is 34.0 Å². The SMILES string of the molecule is CCNC(=O)c1cc(-n2ncc(=O)[nH]c2=O)ccc1Cl. The van der Waals surface area contributed by atoms with Crippen LogP contribution in [-0.4, -0.2) is 27.2 Å². The van der Waals surface area contributed by atoms with Crippen LogP contribution in [0.25, 0.3) is 5.69 Å². The van der Waals surface area contributed by atoms with Gasteiger partial charge in [0.05, 0.1) is 16.3 Å². The second-order valence-corrected chi connectivity index (χ2v) is 4.28. The monoisotopic (exact) mass is 294 g/mol. The predicted molar refractivity (Wildman–Crippen MR) is 73.5 cm³/mol. The number of carbonyl (C=O) groups excluding carboxylic acids is 1. The zero-order valence-electron chi connectivity index (χ0n) is 10.5. The first-order valence-corrected chi connectivity index (χ1v) is 6.17. The first-order chi connectivity index (χ1) is 9.52. The topological polar surface area (TPSA) is 96.8 Å². The Morgan fingerprint density at radius 2 is 2.20 bits per heavy atom. The Labute approximate surface area is 118 Å². The fourth-order valence-electron chi connectivity index (χ4n) is 1.61. The molecule has 0 saturated carbocycles. The van der Waals surface area contributed by atoms with Gasteiger partial charge in [-0.3, -0.25) is 14.6 Å². The van der Waals surface area contributed by atoms with Crippen LogP contribution in [0.3, 0.4) is 0 Å². The Kier molecular flexibility index (Phi) is 3.99. The van der Waals surface area contributed by atoms with Crippen LogP contribution < -0.4 is 16.6 Å². The molecule has 0 aliphatic carbocycles. The zero-order chi connectivity index (χ0) is 14.7. The fraction of sp³-hybridized carbons (Fsp3) is 0.167. The molecule has 20 heavy (non-hydrogen) atoms. The molecule has 2 rings (SSSR count). The Morgan fingerprint density at radius 3 is 2.85 bits per heavy atom. The maximum absolute atomic E-state index is 11.8. The zero-order valence-corrected chi connectivity index (χ0v) is 11.3. The van der Waals surface area contributed by atoms with Crippen LogP contribution in [0, 0.1) is 0 Å². The van der Waals surface area contributed by atoms with Crippen LogP contribution in [0.1, 0.15) is 17.3 Å². The van der Waals surface area contributed by atoms with Gasteiger partial charge >= 0.3 is 5.69 Å². The van der Waals surface area contributed by atoms with Gasteiger partial charge in [0, 0.05) is 6.54 Å². The van der Waals surface area contributed by atoms with Crippen molar-refractivity contribution in [3.8, 4) is 5.69 Å². The van der Waals surface area contributed by atoms with E-state index in [-0.39, 0.29) is 16.5 Å². The van der Waals surface area contributed by atoms with Gasteiger partial charge in [-0.1, -0.05) is 11.6 Å². The number of aromatic amines is 1. The quantitative estimate of drug-likeness (QED) is 0.852.